The first-order chi connectivity index (χ1) is 10.0. The summed E-state index contributed by atoms with van der Waals surface area (Å²) in [5.74, 6) is 1.57. The summed E-state index contributed by atoms with van der Waals surface area (Å²) in [6.07, 6.45) is 8.37. The third-order valence-corrected chi connectivity index (χ3v) is 6.72. The molecular weight excluding hydrogens is 294 g/mol. The SMILES string of the molecule is CSC(C1CCC(OC(F)F)CC1)C1CCC(C)C(O)C1. The molecule has 2 nitrogen and oxygen atoms in total. The van der Waals surface area contributed by atoms with Crippen molar-refractivity contribution in [3.63, 3.8) is 0 Å². The van der Waals surface area contributed by atoms with Gasteiger partial charge in [0.1, 0.15) is 0 Å². The second kappa shape index (κ2) is 8.11. The van der Waals surface area contributed by atoms with Crippen molar-refractivity contribution in [1.29, 1.82) is 0 Å². The van der Waals surface area contributed by atoms with Crippen molar-refractivity contribution in [2.45, 2.75) is 75.9 Å². The molecular formula is C16H28F2O2S. The Kier molecular flexibility index (Phi) is 6.76. The standard InChI is InChI=1S/C16H28F2O2S/c1-10-3-4-12(9-14(10)19)15(21-2)11-5-7-13(8-6-11)20-16(17)18/h10-16,19H,3-9H2,1-2H3. The quantitative estimate of drug-likeness (QED) is 0.818. The third kappa shape index (κ3) is 4.80. The maximum atomic E-state index is 12.3. The van der Waals surface area contributed by atoms with Gasteiger partial charge in [-0.25, -0.2) is 0 Å². The maximum absolute atomic E-state index is 12.3. The minimum atomic E-state index is -2.64. The topological polar surface area (TPSA) is 29.5 Å². The molecule has 4 atom stereocenters. The Hall–Kier alpha value is 0.130. The van der Waals surface area contributed by atoms with Crippen LogP contribution in [0.5, 0.6) is 0 Å². The fourth-order valence-electron chi connectivity index (χ4n) is 4.10. The summed E-state index contributed by atoms with van der Waals surface area (Å²) in [5.41, 5.74) is 0. The van der Waals surface area contributed by atoms with Gasteiger partial charge >= 0.3 is 6.61 Å². The zero-order chi connectivity index (χ0) is 15.4. The fourth-order valence-corrected chi connectivity index (χ4v) is 5.39. The second-order valence-corrected chi connectivity index (χ2v) is 7.77. The molecule has 21 heavy (non-hydrogen) atoms. The van der Waals surface area contributed by atoms with E-state index in [1.165, 1.54) is 6.42 Å². The van der Waals surface area contributed by atoms with Crippen LogP contribution in [0.1, 0.15) is 51.9 Å². The van der Waals surface area contributed by atoms with E-state index in [1.54, 1.807) is 0 Å². The minimum absolute atomic E-state index is 0.170. The number of rotatable bonds is 5. The molecule has 0 radical (unpaired) electrons. The largest absolute Gasteiger partial charge is 0.393 e. The lowest BCUT2D eigenvalue weighted by atomic mass is 9.73. The van der Waals surface area contributed by atoms with Crippen LogP contribution < -0.4 is 0 Å². The third-order valence-electron chi connectivity index (χ3n) is 5.41. The van der Waals surface area contributed by atoms with Crippen LogP contribution in [0.15, 0.2) is 0 Å². The van der Waals surface area contributed by atoms with Crippen molar-refractivity contribution in [1.82, 2.24) is 0 Å². The van der Waals surface area contributed by atoms with E-state index in [0.717, 1.165) is 38.5 Å². The first kappa shape index (κ1) is 17.5. The Bertz CT molecular complexity index is 309. The predicted molar refractivity (Wildman–Crippen MR) is 82.6 cm³/mol. The van der Waals surface area contributed by atoms with E-state index in [-0.39, 0.29) is 12.2 Å². The van der Waals surface area contributed by atoms with Gasteiger partial charge in [0, 0.05) is 5.25 Å². The Labute approximate surface area is 131 Å². The normalized spacial score (nSPS) is 39.4. The average Bonchev–Trinajstić information content (AvgIpc) is 2.45. The van der Waals surface area contributed by atoms with Crippen molar-refractivity contribution < 1.29 is 18.6 Å². The summed E-state index contributed by atoms with van der Waals surface area (Å²) in [6, 6.07) is 0. The molecule has 4 unspecified atom stereocenters. The van der Waals surface area contributed by atoms with E-state index >= 15 is 0 Å². The number of aliphatic hydroxyl groups excluding tert-OH is 1. The van der Waals surface area contributed by atoms with Gasteiger partial charge < -0.3 is 9.84 Å². The monoisotopic (exact) mass is 322 g/mol. The molecule has 5 heteroatoms. The van der Waals surface area contributed by atoms with Gasteiger partial charge in [-0.3, -0.25) is 0 Å². The van der Waals surface area contributed by atoms with Crippen LogP contribution in [-0.2, 0) is 4.74 Å². The highest BCUT2D eigenvalue weighted by Crippen LogP contribution is 2.42. The van der Waals surface area contributed by atoms with E-state index in [1.807, 2.05) is 11.8 Å². The van der Waals surface area contributed by atoms with E-state index < -0.39 is 6.61 Å². The number of ether oxygens (including phenoxy) is 1. The molecule has 0 aromatic rings. The molecule has 2 saturated carbocycles. The number of aliphatic hydroxyl groups is 1. The van der Waals surface area contributed by atoms with Gasteiger partial charge in [-0.2, -0.15) is 20.5 Å². The van der Waals surface area contributed by atoms with Crippen LogP contribution in [0.3, 0.4) is 0 Å². The second-order valence-electron chi connectivity index (χ2n) is 6.75. The lowest BCUT2D eigenvalue weighted by Crippen LogP contribution is -2.37. The van der Waals surface area contributed by atoms with Gasteiger partial charge in [-0.05, 0) is 69.0 Å². The molecule has 0 spiro atoms. The number of hydrogen-bond acceptors (Lipinski definition) is 3. The zero-order valence-corrected chi connectivity index (χ0v) is 13.8. The summed E-state index contributed by atoms with van der Waals surface area (Å²) in [6.45, 7) is -0.514. The highest BCUT2D eigenvalue weighted by molar-refractivity contribution is 7.99. The fraction of sp³-hybridized carbons (Fsp3) is 1.00. The lowest BCUT2D eigenvalue weighted by molar-refractivity contribution is -0.171. The number of alkyl halides is 2. The van der Waals surface area contributed by atoms with Crippen LogP contribution in [-0.4, -0.2) is 35.4 Å². The summed E-state index contributed by atoms with van der Waals surface area (Å²) in [5, 5.41) is 10.7. The lowest BCUT2D eigenvalue weighted by Gasteiger charge is -2.41. The Morgan fingerprint density at radius 1 is 1.05 bits per heavy atom. The van der Waals surface area contributed by atoms with Crippen LogP contribution in [0.4, 0.5) is 8.78 Å². The van der Waals surface area contributed by atoms with Crippen molar-refractivity contribution >= 4 is 11.8 Å². The average molecular weight is 322 g/mol. The van der Waals surface area contributed by atoms with Crippen molar-refractivity contribution in [3.05, 3.63) is 0 Å². The first-order valence-corrected chi connectivity index (χ1v) is 9.44. The van der Waals surface area contributed by atoms with Crippen molar-refractivity contribution in [3.8, 4) is 0 Å². The van der Waals surface area contributed by atoms with Crippen LogP contribution in [0.25, 0.3) is 0 Å². The van der Waals surface area contributed by atoms with E-state index in [0.29, 0.717) is 23.0 Å². The van der Waals surface area contributed by atoms with E-state index in [2.05, 4.69) is 17.9 Å². The zero-order valence-electron chi connectivity index (χ0n) is 13.0. The van der Waals surface area contributed by atoms with Gasteiger partial charge in [-0.15, -0.1) is 0 Å². The molecule has 124 valence electrons. The highest BCUT2D eigenvalue weighted by atomic mass is 32.2. The minimum Gasteiger partial charge on any atom is -0.393 e. The van der Waals surface area contributed by atoms with Gasteiger partial charge in [0.25, 0.3) is 0 Å². The van der Waals surface area contributed by atoms with Crippen molar-refractivity contribution in [2.24, 2.45) is 17.8 Å². The molecule has 0 bridgehead atoms. The first-order valence-electron chi connectivity index (χ1n) is 8.15. The molecule has 2 rings (SSSR count). The smallest absolute Gasteiger partial charge is 0.345 e. The number of hydrogen-bond donors (Lipinski definition) is 1. The molecule has 0 aromatic heterocycles. The molecule has 0 heterocycles. The van der Waals surface area contributed by atoms with Crippen LogP contribution in [0.2, 0.25) is 0 Å². The van der Waals surface area contributed by atoms with Crippen LogP contribution in [0, 0.1) is 17.8 Å². The van der Waals surface area contributed by atoms with Gasteiger partial charge in [-0.1, -0.05) is 6.92 Å². The van der Waals surface area contributed by atoms with Crippen LogP contribution >= 0.6 is 11.8 Å². The molecule has 1 N–H and O–H groups in total. The number of thioether (sulfide) groups is 1. The van der Waals surface area contributed by atoms with Crippen molar-refractivity contribution in [2.75, 3.05) is 6.26 Å². The Morgan fingerprint density at radius 3 is 2.19 bits per heavy atom. The molecule has 2 aliphatic carbocycles. The van der Waals surface area contributed by atoms with Gasteiger partial charge in [0.05, 0.1) is 12.2 Å². The highest BCUT2D eigenvalue weighted by Gasteiger charge is 2.36. The Morgan fingerprint density at radius 2 is 1.67 bits per heavy atom. The number of halogens is 2. The van der Waals surface area contributed by atoms with E-state index in [9.17, 15) is 13.9 Å². The predicted octanol–water partition coefficient (Wildman–Crippen LogP) is 4.31. The summed E-state index contributed by atoms with van der Waals surface area (Å²) in [4.78, 5) is 0. The molecule has 0 aliphatic heterocycles. The van der Waals surface area contributed by atoms with Gasteiger partial charge in [0.2, 0.25) is 0 Å². The van der Waals surface area contributed by atoms with E-state index in [4.69, 9.17) is 0 Å². The summed E-state index contributed by atoms with van der Waals surface area (Å²) < 4.78 is 29.2. The molecule has 0 aromatic carbocycles. The van der Waals surface area contributed by atoms with Gasteiger partial charge in [0.15, 0.2) is 0 Å². The maximum Gasteiger partial charge on any atom is 0.345 e. The summed E-state index contributed by atoms with van der Waals surface area (Å²) >= 11 is 1.90. The molecule has 2 fully saturated rings. The molecule has 0 saturated heterocycles. The molecule has 0 amide bonds. The summed E-state index contributed by atoms with van der Waals surface area (Å²) in [7, 11) is 0. The molecule has 2 aliphatic rings. The Balaban J connectivity index is 1.85.